The lowest BCUT2D eigenvalue weighted by atomic mass is 9.85. The van der Waals surface area contributed by atoms with Gasteiger partial charge < -0.3 is 15.0 Å². The number of nitrogens with one attached hydrogen (secondary N) is 1. The molecule has 2 atom stereocenters. The monoisotopic (exact) mass is 240 g/mol. The molecule has 3 nitrogen and oxygen atoms in total. The van der Waals surface area contributed by atoms with Crippen LogP contribution in [0.25, 0.3) is 0 Å². The maximum Gasteiger partial charge on any atom is 0.0547 e. The number of nitrogens with zero attached hydrogens (tertiary/aromatic N) is 1. The van der Waals surface area contributed by atoms with Gasteiger partial charge in [0.25, 0.3) is 0 Å². The van der Waals surface area contributed by atoms with E-state index in [1.54, 1.807) is 0 Å². The Morgan fingerprint density at radius 2 is 2.35 bits per heavy atom. The fraction of sp³-hybridized carbons (Fsp3) is 1.00. The van der Waals surface area contributed by atoms with Gasteiger partial charge in [-0.15, -0.1) is 0 Å². The molecule has 0 aliphatic carbocycles. The summed E-state index contributed by atoms with van der Waals surface area (Å²) in [5.41, 5.74) is 0.379. The number of ether oxygens (including phenoxy) is 1. The van der Waals surface area contributed by atoms with Crippen LogP contribution in [0.15, 0.2) is 0 Å². The van der Waals surface area contributed by atoms with Crippen LogP contribution in [0.2, 0.25) is 0 Å². The Hall–Kier alpha value is -0.120. The molecule has 2 fully saturated rings. The zero-order chi connectivity index (χ0) is 12.1. The van der Waals surface area contributed by atoms with Crippen LogP contribution in [-0.4, -0.2) is 51.3 Å². The van der Waals surface area contributed by atoms with Gasteiger partial charge in [-0.25, -0.2) is 0 Å². The SMILES string of the molecule is CCC1CCCN(CC2(CNC)CCOC2)C1. The van der Waals surface area contributed by atoms with E-state index in [0.29, 0.717) is 5.41 Å². The molecule has 2 aliphatic heterocycles. The standard InChI is InChI=1S/C14H28N2O/c1-3-13-5-4-7-16(9-13)11-14(10-15-2)6-8-17-12-14/h13,15H,3-12H2,1-2H3. The highest BCUT2D eigenvalue weighted by molar-refractivity contribution is 4.89. The van der Waals surface area contributed by atoms with Crippen molar-refractivity contribution >= 4 is 0 Å². The molecule has 0 bridgehead atoms. The van der Waals surface area contributed by atoms with Crippen molar-refractivity contribution in [2.45, 2.75) is 32.6 Å². The van der Waals surface area contributed by atoms with E-state index in [2.05, 4.69) is 24.2 Å². The second-order valence-corrected chi connectivity index (χ2v) is 5.98. The first kappa shape index (κ1) is 13.3. The Morgan fingerprint density at radius 3 is 3.00 bits per heavy atom. The highest BCUT2D eigenvalue weighted by Crippen LogP contribution is 2.31. The number of piperidine rings is 1. The average molecular weight is 240 g/mol. The van der Waals surface area contributed by atoms with Gasteiger partial charge in [-0.2, -0.15) is 0 Å². The Labute approximate surface area is 106 Å². The summed E-state index contributed by atoms with van der Waals surface area (Å²) >= 11 is 0. The van der Waals surface area contributed by atoms with Gasteiger partial charge in [0.05, 0.1) is 6.61 Å². The molecule has 0 aromatic heterocycles. The van der Waals surface area contributed by atoms with Crippen LogP contribution in [-0.2, 0) is 4.74 Å². The minimum Gasteiger partial charge on any atom is -0.381 e. The van der Waals surface area contributed by atoms with Crippen LogP contribution in [0.3, 0.4) is 0 Å². The predicted octanol–water partition coefficient (Wildman–Crippen LogP) is 1.73. The van der Waals surface area contributed by atoms with E-state index < -0.39 is 0 Å². The molecule has 2 heterocycles. The first-order valence-electron chi connectivity index (χ1n) is 7.23. The summed E-state index contributed by atoms with van der Waals surface area (Å²) < 4.78 is 5.64. The minimum absolute atomic E-state index is 0.379. The molecule has 2 unspecified atom stereocenters. The number of likely N-dealkylation sites (tertiary alicyclic amines) is 1. The van der Waals surface area contributed by atoms with Crippen LogP contribution in [0, 0.1) is 11.3 Å². The second-order valence-electron chi connectivity index (χ2n) is 5.98. The normalized spacial score (nSPS) is 35.3. The van der Waals surface area contributed by atoms with E-state index >= 15 is 0 Å². The molecule has 0 aromatic carbocycles. The average Bonchev–Trinajstić information content (AvgIpc) is 2.78. The molecule has 1 N–H and O–H groups in total. The van der Waals surface area contributed by atoms with E-state index in [4.69, 9.17) is 4.74 Å². The largest absolute Gasteiger partial charge is 0.381 e. The third kappa shape index (κ3) is 3.43. The molecule has 2 aliphatic rings. The highest BCUT2D eigenvalue weighted by Gasteiger charge is 2.36. The van der Waals surface area contributed by atoms with Crippen molar-refractivity contribution in [3.05, 3.63) is 0 Å². The first-order chi connectivity index (χ1) is 8.28. The van der Waals surface area contributed by atoms with Gasteiger partial charge in [-0.1, -0.05) is 13.3 Å². The Morgan fingerprint density at radius 1 is 1.47 bits per heavy atom. The zero-order valence-corrected chi connectivity index (χ0v) is 11.5. The van der Waals surface area contributed by atoms with Gasteiger partial charge in [-0.05, 0) is 38.8 Å². The summed E-state index contributed by atoms with van der Waals surface area (Å²) in [4.78, 5) is 2.68. The lowest BCUT2D eigenvalue weighted by Crippen LogP contribution is -2.47. The van der Waals surface area contributed by atoms with Gasteiger partial charge in [0.2, 0.25) is 0 Å². The van der Waals surface area contributed by atoms with Gasteiger partial charge in [-0.3, -0.25) is 0 Å². The lowest BCUT2D eigenvalue weighted by Gasteiger charge is -2.38. The number of rotatable bonds is 5. The van der Waals surface area contributed by atoms with Crippen LogP contribution < -0.4 is 5.32 Å². The van der Waals surface area contributed by atoms with Crippen LogP contribution in [0.1, 0.15) is 32.6 Å². The van der Waals surface area contributed by atoms with Gasteiger partial charge >= 0.3 is 0 Å². The van der Waals surface area contributed by atoms with Crippen molar-refractivity contribution < 1.29 is 4.74 Å². The molecule has 0 amide bonds. The van der Waals surface area contributed by atoms with Crippen LogP contribution >= 0.6 is 0 Å². The fourth-order valence-corrected chi connectivity index (χ4v) is 3.45. The molecule has 0 aromatic rings. The summed E-state index contributed by atoms with van der Waals surface area (Å²) in [7, 11) is 2.06. The first-order valence-corrected chi connectivity index (χ1v) is 7.23. The van der Waals surface area contributed by atoms with Crippen molar-refractivity contribution in [2.75, 3.05) is 46.4 Å². The molecule has 17 heavy (non-hydrogen) atoms. The summed E-state index contributed by atoms with van der Waals surface area (Å²) in [5.74, 6) is 0.928. The van der Waals surface area contributed by atoms with Crippen LogP contribution in [0.5, 0.6) is 0 Å². The molecular formula is C14H28N2O. The third-order valence-corrected chi connectivity index (χ3v) is 4.48. The quantitative estimate of drug-likeness (QED) is 0.792. The van der Waals surface area contributed by atoms with Gasteiger partial charge in [0, 0.05) is 31.7 Å². The van der Waals surface area contributed by atoms with E-state index in [9.17, 15) is 0 Å². The predicted molar refractivity (Wildman–Crippen MR) is 71.3 cm³/mol. The van der Waals surface area contributed by atoms with Gasteiger partial charge in [0.1, 0.15) is 0 Å². The summed E-state index contributed by atoms with van der Waals surface area (Å²) in [6.45, 7) is 9.15. The summed E-state index contributed by atoms with van der Waals surface area (Å²) in [6, 6.07) is 0. The maximum absolute atomic E-state index is 5.64. The van der Waals surface area contributed by atoms with E-state index in [1.165, 1.54) is 45.3 Å². The van der Waals surface area contributed by atoms with Crippen molar-refractivity contribution in [3.63, 3.8) is 0 Å². The lowest BCUT2D eigenvalue weighted by molar-refractivity contribution is 0.0829. The summed E-state index contributed by atoms with van der Waals surface area (Å²) in [6.07, 6.45) is 5.38. The second kappa shape index (κ2) is 6.17. The topological polar surface area (TPSA) is 24.5 Å². The van der Waals surface area contributed by atoms with E-state index in [0.717, 1.165) is 25.7 Å². The molecule has 0 radical (unpaired) electrons. The van der Waals surface area contributed by atoms with E-state index in [1.807, 2.05) is 0 Å². The molecule has 100 valence electrons. The molecule has 2 rings (SSSR count). The number of hydrogen-bond acceptors (Lipinski definition) is 3. The van der Waals surface area contributed by atoms with Crippen molar-refractivity contribution in [1.29, 1.82) is 0 Å². The van der Waals surface area contributed by atoms with Crippen LogP contribution in [0.4, 0.5) is 0 Å². The molecular weight excluding hydrogens is 212 g/mol. The maximum atomic E-state index is 5.64. The zero-order valence-electron chi connectivity index (χ0n) is 11.5. The van der Waals surface area contributed by atoms with Crippen molar-refractivity contribution in [3.8, 4) is 0 Å². The fourth-order valence-electron chi connectivity index (χ4n) is 3.45. The van der Waals surface area contributed by atoms with Crippen molar-refractivity contribution in [2.24, 2.45) is 11.3 Å². The Bertz CT molecular complexity index is 226. The smallest absolute Gasteiger partial charge is 0.0547 e. The third-order valence-electron chi connectivity index (χ3n) is 4.48. The molecule has 2 saturated heterocycles. The Balaban J connectivity index is 1.88. The van der Waals surface area contributed by atoms with Gasteiger partial charge in [0.15, 0.2) is 0 Å². The van der Waals surface area contributed by atoms with Crippen molar-refractivity contribution in [1.82, 2.24) is 10.2 Å². The summed E-state index contributed by atoms with van der Waals surface area (Å²) in [5, 5.41) is 3.36. The van der Waals surface area contributed by atoms with E-state index in [-0.39, 0.29) is 0 Å². The molecule has 3 heteroatoms. The highest BCUT2D eigenvalue weighted by atomic mass is 16.5. The number of hydrogen-bond donors (Lipinski definition) is 1. The molecule has 0 saturated carbocycles. The Kier molecular flexibility index (Phi) is 4.83. The minimum atomic E-state index is 0.379. The molecule has 0 spiro atoms.